The van der Waals surface area contributed by atoms with Crippen LogP contribution in [0.5, 0.6) is 0 Å². The first-order valence-electron chi connectivity index (χ1n) is 5.81. The second-order valence-electron chi connectivity index (χ2n) is 4.20. The van der Waals surface area contributed by atoms with Crippen molar-refractivity contribution in [1.82, 2.24) is 3.33 Å². The molecule has 0 fully saturated rings. The van der Waals surface area contributed by atoms with Gasteiger partial charge in [-0.3, -0.25) is 0 Å². The average Bonchev–Trinajstić information content (AvgIpc) is 2.40. The predicted molar refractivity (Wildman–Crippen MR) is 74.7 cm³/mol. The molecule has 2 atom stereocenters. The van der Waals surface area contributed by atoms with Crippen LogP contribution < -0.4 is 0 Å². The maximum absolute atomic E-state index is 12.3. The van der Waals surface area contributed by atoms with Gasteiger partial charge in [0.15, 0.2) is 0 Å². The lowest BCUT2D eigenvalue weighted by atomic mass is 10.0. The molecule has 0 aliphatic carbocycles. The molecule has 0 saturated carbocycles. The first kappa shape index (κ1) is 15.6. The van der Waals surface area contributed by atoms with Gasteiger partial charge in [0.2, 0.25) is 0 Å². The highest BCUT2D eigenvalue weighted by molar-refractivity contribution is 9.08. The van der Waals surface area contributed by atoms with Crippen LogP contribution in [0.4, 0.5) is 0 Å². The average molecular weight is 336 g/mol. The molecule has 6 heteroatoms. The molecule has 102 valence electrons. The monoisotopic (exact) mass is 335 g/mol. The van der Waals surface area contributed by atoms with Crippen LogP contribution in [-0.4, -0.2) is 29.5 Å². The Labute approximate surface area is 117 Å². The fourth-order valence-corrected chi connectivity index (χ4v) is 3.96. The van der Waals surface area contributed by atoms with Crippen molar-refractivity contribution in [1.29, 1.82) is 0 Å². The third kappa shape index (κ3) is 3.32. The number of benzene rings is 1. The highest BCUT2D eigenvalue weighted by atomic mass is 79.9. The smallest absolute Gasteiger partial charge is 0.252 e. The van der Waals surface area contributed by atoms with Gasteiger partial charge in [-0.2, -0.15) is 0 Å². The van der Waals surface area contributed by atoms with E-state index >= 15 is 0 Å². The zero-order valence-corrected chi connectivity index (χ0v) is 12.9. The number of aliphatic hydroxyl groups is 1. The summed E-state index contributed by atoms with van der Waals surface area (Å²) < 4.78 is 25.7. The van der Waals surface area contributed by atoms with Crippen LogP contribution in [0.15, 0.2) is 35.2 Å². The third-order valence-electron chi connectivity index (χ3n) is 3.02. The summed E-state index contributed by atoms with van der Waals surface area (Å²) in [4.78, 5) is 0.212. The summed E-state index contributed by atoms with van der Waals surface area (Å²) in [5, 5.41) is 9.37. The minimum absolute atomic E-state index is 0.0628. The van der Waals surface area contributed by atoms with Crippen LogP contribution in [0, 0.1) is 5.92 Å². The van der Waals surface area contributed by atoms with E-state index in [9.17, 15) is 13.5 Å². The Morgan fingerprint density at radius 1 is 1.33 bits per heavy atom. The Bertz CT molecular complexity index is 463. The summed E-state index contributed by atoms with van der Waals surface area (Å²) in [5.41, 5.74) is 0. The van der Waals surface area contributed by atoms with E-state index in [4.69, 9.17) is 0 Å². The molecule has 1 aromatic carbocycles. The Kier molecular flexibility index (Phi) is 5.78. The normalized spacial score (nSPS) is 15.6. The molecule has 18 heavy (non-hydrogen) atoms. The van der Waals surface area contributed by atoms with Gasteiger partial charge in [0.1, 0.15) is 0 Å². The van der Waals surface area contributed by atoms with E-state index in [2.05, 4.69) is 16.1 Å². The van der Waals surface area contributed by atoms with Gasteiger partial charge in [0, 0.05) is 16.1 Å². The zero-order chi connectivity index (χ0) is 13.8. The van der Waals surface area contributed by atoms with Gasteiger partial charge in [-0.25, -0.2) is 8.42 Å². The van der Waals surface area contributed by atoms with Crippen molar-refractivity contribution in [2.24, 2.45) is 5.92 Å². The molecule has 1 aromatic rings. The van der Waals surface area contributed by atoms with Gasteiger partial charge in [-0.05, 0) is 18.1 Å². The number of hydrogen-bond acceptors (Lipinski definition) is 3. The fraction of sp³-hybridized carbons (Fsp3) is 0.500. The first-order valence-corrected chi connectivity index (χ1v) is 7.96. The van der Waals surface area contributed by atoms with Gasteiger partial charge in [0.25, 0.3) is 10.0 Å². The standard InChI is InChI=1S/C12H18BrNO3S/c1-3-10(2)12(9-15)14(13)18(16,17)11-7-5-4-6-8-11/h4-8,10,12,15H,3,9H2,1-2H3/t10-,12?/m0/s1. The number of hydrogen-bond donors (Lipinski definition) is 1. The van der Waals surface area contributed by atoms with Crippen molar-refractivity contribution < 1.29 is 13.5 Å². The SMILES string of the molecule is CC[C@H](C)C(CO)N(Br)S(=O)(=O)c1ccccc1. The topological polar surface area (TPSA) is 57.6 Å². The summed E-state index contributed by atoms with van der Waals surface area (Å²) in [6, 6.07) is 7.70. The van der Waals surface area contributed by atoms with Crippen LogP contribution in [0.1, 0.15) is 20.3 Å². The summed E-state index contributed by atoms with van der Waals surface area (Å²) in [5.74, 6) is 0.0628. The lowest BCUT2D eigenvalue weighted by molar-refractivity contribution is 0.190. The first-order chi connectivity index (χ1) is 8.45. The quantitative estimate of drug-likeness (QED) is 0.812. The Morgan fingerprint density at radius 3 is 2.33 bits per heavy atom. The predicted octanol–water partition coefficient (Wildman–Crippen LogP) is 2.39. The zero-order valence-electron chi connectivity index (χ0n) is 10.5. The Hall–Kier alpha value is -0.430. The van der Waals surface area contributed by atoms with Crippen LogP contribution in [-0.2, 0) is 10.0 Å². The van der Waals surface area contributed by atoms with Gasteiger partial charge in [0.05, 0.1) is 17.5 Å². The van der Waals surface area contributed by atoms with E-state index in [-0.39, 0.29) is 17.4 Å². The minimum Gasteiger partial charge on any atom is -0.395 e. The van der Waals surface area contributed by atoms with Crippen molar-refractivity contribution in [2.45, 2.75) is 31.2 Å². The fourth-order valence-electron chi connectivity index (χ4n) is 1.59. The van der Waals surface area contributed by atoms with Crippen molar-refractivity contribution in [3.05, 3.63) is 30.3 Å². The second-order valence-corrected chi connectivity index (χ2v) is 7.24. The lowest BCUT2D eigenvalue weighted by Gasteiger charge is -2.28. The van der Waals surface area contributed by atoms with Crippen LogP contribution >= 0.6 is 16.1 Å². The number of sulfonamides is 1. The molecule has 0 spiro atoms. The van der Waals surface area contributed by atoms with E-state index in [0.717, 1.165) is 9.75 Å². The van der Waals surface area contributed by atoms with Crippen molar-refractivity contribution >= 4 is 26.2 Å². The van der Waals surface area contributed by atoms with E-state index in [1.54, 1.807) is 18.2 Å². The molecular formula is C12H18BrNO3S. The Morgan fingerprint density at radius 2 is 1.89 bits per heavy atom. The number of halogens is 1. The third-order valence-corrected chi connectivity index (χ3v) is 6.29. The maximum atomic E-state index is 12.3. The number of rotatable bonds is 6. The molecule has 1 unspecified atom stereocenters. The number of aliphatic hydroxyl groups excluding tert-OH is 1. The number of nitrogens with zero attached hydrogens (tertiary/aromatic N) is 1. The van der Waals surface area contributed by atoms with Crippen LogP contribution in [0.3, 0.4) is 0 Å². The molecule has 0 aliphatic heterocycles. The van der Waals surface area contributed by atoms with Crippen LogP contribution in [0.25, 0.3) is 0 Å². The van der Waals surface area contributed by atoms with E-state index in [1.165, 1.54) is 12.1 Å². The molecule has 1 N–H and O–H groups in total. The maximum Gasteiger partial charge on any atom is 0.252 e. The molecule has 0 aromatic heterocycles. The second kappa shape index (κ2) is 6.65. The van der Waals surface area contributed by atoms with Crippen LogP contribution in [0.2, 0.25) is 0 Å². The van der Waals surface area contributed by atoms with Gasteiger partial charge >= 0.3 is 0 Å². The van der Waals surface area contributed by atoms with E-state index in [1.807, 2.05) is 13.8 Å². The van der Waals surface area contributed by atoms with Gasteiger partial charge in [-0.15, -0.1) is 3.33 Å². The molecule has 0 aliphatic rings. The summed E-state index contributed by atoms with van der Waals surface area (Å²) in [7, 11) is -3.62. The van der Waals surface area contributed by atoms with E-state index < -0.39 is 16.1 Å². The molecule has 0 saturated heterocycles. The van der Waals surface area contributed by atoms with Crippen molar-refractivity contribution in [3.63, 3.8) is 0 Å². The largest absolute Gasteiger partial charge is 0.395 e. The molecule has 0 amide bonds. The molecule has 0 heterocycles. The lowest BCUT2D eigenvalue weighted by Crippen LogP contribution is -2.39. The molecular weight excluding hydrogens is 318 g/mol. The van der Waals surface area contributed by atoms with Crippen molar-refractivity contribution in [2.75, 3.05) is 6.61 Å². The van der Waals surface area contributed by atoms with E-state index in [0.29, 0.717) is 0 Å². The Balaban J connectivity index is 3.05. The summed E-state index contributed by atoms with van der Waals surface area (Å²) in [6.45, 7) is 3.66. The van der Waals surface area contributed by atoms with Gasteiger partial charge < -0.3 is 5.11 Å². The summed E-state index contributed by atoms with van der Waals surface area (Å²) >= 11 is 3.09. The van der Waals surface area contributed by atoms with Gasteiger partial charge in [-0.1, -0.05) is 38.5 Å². The molecule has 4 nitrogen and oxygen atoms in total. The highest BCUT2D eigenvalue weighted by Gasteiger charge is 2.32. The highest BCUT2D eigenvalue weighted by Crippen LogP contribution is 2.26. The van der Waals surface area contributed by atoms with Crippen molar-refractivity contribution in [3.8, 4) is 0 Å². The molecule has 1 rings (SSSR count). The minimum atomic E-state index is -3.62. The molecule has 0 bridgehead atoms. The summed E-state index contributed by atoms with van der Waals surface area (Å²) in [6.07, 6.45) is 0.789. The molecule has 0 radical (unpaired) electrons.